The Morgan fingerprint density at radius 3 is 2.15 bits per heavy atom. The molecular weight excluding hydrogens is 490 g/mol. The van der Waals surface area contributed by atoms with Crippen LogP contribution in [-0.2, 0) is 11.2 Å². The summed E-state index contributed by atoms with van der Waals surface area (Å²) in [5.74, 6) is 1.25. The molecule has 0 spiro atoms. The first-order valence-electron chi connectivity index (χ1n) is 14.5. The number of furan rings is 1. The van der Waals surface area contributed by atoms with Gasteiger partial charge in [-0.05, 0) is 74.8 Å². The molecule has 6 heteroatoms. The highest BCUT2D eigenvalue weighted by molar-refractivity contribution is 6.17. The zero-order valence-corrected chi connectivity index (χ0v) is 24.4. The number of fused-ring (bicyclic) bond motifs is 1. The van der Waals surface area contributed by atoms with E-state index in [0.29, 0.717) is 52.4 Å². The molecule has 3 aromatic rings. The molecule has 0 amide bonds. The summed E-state index contributed by atoms with van der Waals surface area (Å²) in [4.78, 5) is 28.4. The number of nitrogens with zero attached hydrogens (tertiary/aromatic N) is 1. The van der Waals surface area contributed by atoms with Crippen molar-refractivity contribution >= 4 is 22.7 Å². The number of hydrogen-bond donors (Lipinski definition) is 0. The Hall–Kier alpha value is -3.12. The number of rotatable bonds is 17. The van der Waals surface area contributed by atoms with E-state index in [4.69, 9.17) is 13.9 Å². The highest BCUT2D eigenvalue weighted by atomic mass is 16.5. The number of hydrogen-bond acceptors (Lipinski definition) is 6. The van der Waals surface area contributed by atoms with Crippen LogP contribution in [0.4, 0.5) is 0 Å². The minimum Gasteiger partial charge on any atom is -0.493 e. The van der Waals surface area contributed by atoms with E-state index >= 15 is 0 Å². The van der Waals surface area contributed by atoms with E-state index in [9.17, 15) is 9.59 Å². The van der Waals surface area contributed by atoms with Gasteiger partial charge in [0.25, 0.3) is 0 Å². The number of unbranched alkanes of at least 4 members (excludes halogenated alkanes) is 3. The number of ketones is 1. The Balaban J connectivity index is 1.73. The normalized spacial score (nSPS) is 12.2. The van der Waals surface area contributed by atoms with Crippen LogP contribution in [0.2, 0.25) is 0 Å². The number of aryl methyl sites for hydroxylation is 1. The number of esters is 1. The molecule has 2 aromatic carbocycles. The van der Waals surface area contributed by atoms with Gasteiger partial charge in [0, 0.05) is 29.8 Å². The molecule has 1 unspecified atom stereocenters. The number of benzene rings is 2. The number of carbonyl (C=O) groups excluding carboxylic acids is 2. The number of carbonyl (C=O) groups is 2. The summed E-state index contributed by atoms with van der Waals surface area (Å²) in [7, 11) is 1.35. The lowest BCUT2D eigenvalue weighted by Crippen LogP contribution is -2.32. The fraction of sp³-hybridized carbons (Fsp3) is 0.515. The standard InChI is InChI=1S/C33H45NO5/c1-6-9-12-30-31(28-21-26(33(36)37-5)15-18-29(28)39-30)32(35)25-13-16-27(17-14-25)38-23-24(4)22-34(19-10-7-2)20-11-8-3/h13-18,21,24H,6-12,19-20,22-23H2,1-5H3. The number of methoxy groups -OCH3 is 1. The van der Waals surface area contributed by atoms with Gasteiger partial charge in [0.1, 0.15) is 17.1 Å². The van der Waals surface area contributed by atoms with E-state index in [2.05, 4.69) is 32.6 Å². The van der Waals surface area contributed by atoms with E-state index in [-0.39, 0.29) is 5.78 Å². The Morgan fingerprint density at radius 2 is 1.54 bits per heavy atom. The molecule has 0 radical (unpaired) electrons. The molecule has 39 heavy (non-hydrogen) atoms. The van der Waals surface area contributed by atoms with Crippen LogP contribution in [0.25, 0.3) is 11.0 Å². The van der Waals surface area contributed by atoms with Crippen molar-refractivity contribution in [2.24, 2.45) is 5.92 Å². The second-order valence-corrected chi connectivity index (χ2v) is 10.5. The van der Waals surface area contributed by atoms with Gasteiger partial charge in [0.15, 0.2) is 5.78 Å². The largest absolute Gasteiger partial charge is 0.493 e. The molecule has 1 atom stereocenters. The minimum atomic E-state index is -0.443. The molecule has 0 aliphatic heterocycles. The zero-order valence-electron chi connectivity index (χ0n) is 24.4. The van der Waals surface area contributed by atoms with Crippen molar-refractivity contribution < 1.29 is 23.5 Å². The third-order valence-corrected chi connectivity index (χ3v) is 7.04. The summed E-state index contributed by atoms with van der Waals surface area (Å²) < 4.78 is 17.1. The van der Waals surface area contributed by atoms with Crippen molar-refractivity contribution in [1.29, 1.82) is 0 Å². The van der Waals surface area contributed by atoms with Crippen LogP contribution in [0.5, 0.6) is 5.75 Å². The van der Waals surface area contributed by atoms with Crippen molar-refractivity contribution in [3.8, 4) is 5.75 Å². The topological polar surface area (TPSA) is 69.0 Å². The molecule has 212 valence electrons. The van der Waals surface area contributed by atoms with Crippen molar-refractivity contribution in [2.75, 3.05) is 33.4 Å². The summed E-state index contributed by atoms with van der Waals surface area (Å²) in [6.45, 7) is 12.7. The van der Waals surface area contributed by atoms with E-state index < -0.39 is 5.97 Å². The number of ether oxygens (including phenoxy) is 2. The van der Waals surface area contributed by atoms with Crippen LogP contribution in [0.1, 0.15) is 98.3 Å². The lowest BCUT2D eigenvalue weighted by molar-refractivity contribution is 0.0600. The van der Waals surface area contributed by atoms with Crippen LogP contribution in [0, 0.1) is 5.92 Å². The summed E-state index contributed by atoms with van der Waals surface area (Å²) in [6.07, 6.45) is 7.42. The summed E-state index contributed by atoms with van der Waals surface area (Å²) in [5, 5.41) is 0.638. The lowest BCUT2D eigenvalue weighted by Gasteiger charge is -2.25. The minimum absolute atomic E-state index is 0.121. The van der Waals surface area contributed by atoms with Crippen LogP contribution in [0.15, 0.2) is 46.9 Å². The maximum absolute atomic E-state index is 13.7. The molecule has 6 nitrogen and oxygen atoms in total. The third-order valence-electron chi connectivity index (χ3n) is 7.04. The van der Waals surface area contributed by atoms with Gasteiger partial charge in [0.2, 0.25) is 0 Å². The van der Waals surface area contributed by atoms with Crippen LogP contribution in [-0.4, -0.2) is 50.0 Å². The summed E-state index contributed by atoms with van der Waals surface area (Å²) >= 11 is 0. The van der Waals surface area contributed by atoms with E-state index in [1.165, 1.54) is 32.8 Å². The molecule has 0 aliphatic rings. The summed E-state index contributed by atoms with van der Waals surface area (Å²) in [5.41, 5.74) is 2.07. The van der Waals surface area contributed by atoms with Gasteiger partial charge in [0.05, 0.1) is 24.8 Å². The highest BCUT2D eigenvalue weighted by Gasteiger charge is 2.23. The van der Waals surface area contributed by atoms with Gasteiger partial charge in [-0.2, -0.15) is 0 Å². The van der Waals surface area contributed by atoms with Gasteiger partial charge in [-0.1, -0.05) is 47.0 Å². The fourth-order valence-corrected chi connectivity index (χ4v) is 4.79. The molecule has 0 saturated carbocycles. The maximum atomic E-state index is 13.7. The van der Waals surface area contributed by atoms with Crippen LogP contribution < -0.4 is 4.74 Å². The highest BCUT2D eigenvalue weighted by Crippen LogP contribution is 2.31. The maximum Gasteiger partial charge on any atom is 0.337 e. The van der Waals surface area contributed by atoms with E-state index in [1.54, 1.807) is 18.2 Å². The first-order valence-corrected chi connectivity index (χ1v) is 14.5. The Labute approximate surface area is 233 Å². The van der Waals surface area contributed by atoms with Crippen molar-refractivity contribution in [2.45, 2.75) is 72.6 Å². The van der Waals surface area contributed by atoms with E-state index in [0.717, 1.165) is 38.2 Å². The summed E-state index contributed by atoms with van der Waals surface area (Å²) in [6, 6.07) is 12.4. The average Bonchev–Trinajstić information content (AvgIpc) is 3.33. The molecule has 0 fully saturated rings. The first kappa shape index (κ1) is 30.4. The van der Waals surface area contributed by atoms with Crippen molar-refractivity contribution in [3.63, 3.8) is 0 Å². The Bertz CT molecular complexity index is 1190. The Morgan fingerprint density at radius 1 is 0.897 bits per heavy atom. The SMILES string of the molecule is CCCCc1oc2ccc(C(=O)OC)cc2c1C(=O)c1ccc(OCC(C)CN(CCCC)CCCC)cc1. The van der Waals surface area contributed by atoms with E-state index in [1.807, 2.05) is 24.3 Å². The predicted octanol–water partition coefficient (Wildman–Crippen LogP) is 7.71. The smallest absolute Gasteiger partial charge is 0.337 e. The Kier molecular flexibility index (Phi) is 12.1. The van der Waals surface area contributed by atoms with Crippen LogP contribution in [0.3, 0.4) is 0 Å². The van der Waals surface area contributed by atoms with Gasteiger partial charge >= 0.3 is 5.97 Å². The van der Waals surface area contributed by atoms with Gasteiger partial charge in [-0.25, -0.2) is 4.79 Å². The quantitative estimate of drug-likeness (QED) is 0.130. The molecular formula is C33H45NO5. The predicted molar refractivity (Wildman–Crippen MR) is 157 cm³/mol. The van der Waals surface area contributed by atoms with Gasteiger partial charge < -0.3 is 18.8 Å². The first-order chi connectivity index (χ1) is 18.9. The van der Waals surface area contributed by atoms with Gasteiger partial charge in [-0.3, -0.25) is 4.79 Å². The zero-order chi connectivity index (χ0) is 28.2. The molecule has 0 aliphatic carbocycles. The second kappa shape index (κ2) is 15.5. The van der Waals surface area contributed by atoms with Gasteiger partial charge in [-0.15, -0.1) is 0 Å². The van der Waals surface area contributed by atoms with Crippen molar-refractivity contribution in [3.05, 3.63) is 64.9 Å². The molecule has 0 N–H and O–H groups in total. The second-order valence-electron chi connectivity index (χ2n) is 10.5. The monoisotopic (exact) mass is 535 g/mol. The molecule has 0 saturated heterocycles. The fourth-order valence-electron chi connectivity index (χ4n) is 4.79. The van der Waals surface area contributed by atoms with Crippen molar-refractivity contribution in [1.82, 2.24) is 4.90 Å². The molecule has 0 bridgehead atoms. The molecule has 1 heterocycles. The molecule has 1 aromatic heterocycles. The average molecular weight is 536 g/mol. The van der Waals surface area contributed by atoms with Crippen LogP contribution >= 0.6 is 0 Å². The lowest BCUT2D eigenvalue weighted by atomic mass is 9.97. The molecule has 3 rings (SSSR count). The third kappa shape index (κ3) is 8.43.